The summed E-state index contributed by atoms with van der Waals surface area (Å²) >= 11 is 0. The van der Waals surface area contributed by atoms with E-state index in [1.54, 1.807) is 43.3 Å². The molecule has 4 rings (SSSR count). The molecule has 3 aromatic carbocycles. The number of urea groups is 1. The molecule has 0 unspecified atom stereocenters. The molecular formula is C25H23N3O4. The number of nitrogens with zero attached hydrogens (tertiary/aromatic N) is 1. The van der Waals surface area contributed by atoms with Crippen molar-refractivity contribution in [2.45, 2.75) is 25.3 Å². The molecule has 4 amide bonds. The minimum Gasteiger partial charge on any atom is -0.457 e. The summed E-state index contributed by atoms with van der Waals surface area (Å²) in [7, 11) is 0. The van der Waals surface area contributed by atoms with E-state index >= 15 is 0 Å². The van der Waals surface area contributed by atoms with Crippen LogP contribution in [-0.2, 0) is 11.2 Å². The fourth-order valence-electron chi connectivity index (χ4n) is 3.49. The first-order valence-corrected chi connectivity index (χ1v) is 10.3. The summed E-state index contributed by atoms with van der Waals surface area (Å²) in [4.78, 5) is 38.1. The van der Waals surface area contributed by atoms with Gasteiger partial charge in [0.15, 0.2) is 0 Å². The molecule has 7 nitrogen and oxygen atoms in total. The van der Waals surface area contributed by atoms with Gasteiger partial charge in [-0.25, -0.2) is 4.79 Å². The van der Waals surface area contributed by atoms with Crippen LogP contribution in [0, 0.1) is 0 Å². The van der Waals surface area contributed by atoms with Crippen molar-refractivity contribution in [3.8, 4) is 11.5 Å². The first-order chi connectivity index (χ1) is 15.4. The molecule has 0 radical (unpaired) electrons. The van der Waals surface area contributed by atoms with E-state index in [1.165, 1.54) is 0 Å². The zero-order valence-electron chi connectivity index (χ0n) is 17.6. The summed E-state index contributed by atoms with van der Waals surface area (Å²) < 4.78 is 5.75. The van der Waals surface area contributed by atoms with Crippen LogP contribution < -0.4 is 15.5 Å². The van der Waals surface area contributed by atoms with Crippen molar-refractivity contribution >= 4 is 17.8 Å². The van der Waals surface area contributed by atoms with Crippen LogP contribution >= 0.6 is 0 Å². The highest BCUT2D eigenvalue weighted by Crippen LogP contribution is 2.24. The van der Waals surface area contributed by atoms with Crippen LogP contribution in [0.4, 0.5) is 4.79 Å². The highest BCUT2D eigenvalue weighted by atomic mass is 16.5. The summed E-state index contributed by atoms with van der Waals surface area (Å²) in [6, 6.07) is 24.7. The number of amides is 4. The zero-order valence-corrected chi connectivity index (χ0v) is 17.6. The summed E-state index contributed by atoms with van der Waals surface area (Å²) in [6.45, 7) is 1.66. The Labute approximate surface area is 186 Å². The van der Waals surface area contributed by atoms with Gasteiger partial charge >= 0.3 is 6.03 Å². The minimum atomic E-state index is -1.10. The monoisotopic (exact) mass is 429 g/mol. The van der Waals surface area contributed by atoms with E-state index in [2.05, 4.69) is 10.7 Å². The predicted molar refractivity (Wildman–Crippen MR) is 119 cm³/mol. The Morgan fingerprint density at radius 1 is 0.938 bits per heavy atom. The van der Waals surface area contributed by atoms with Gasteiger partial charge in [0.25, 0.3) is 11.8 Å². The number of hydrogen-bond acceptors (Lipinski definition) is 4. The number of ether oxygens (including phenoxy) is 1. The zero-order chi connectivity index (χ0) is 22.6. The van der Waals surface area contributed by atoms with Gasteiger partial charge in [0.05, 0.1) is 0 Å². The van der Waals surface area contributed by atoms with Crippen LogP contribution in [0.15, 0.2) is 84.9 Å². The molecule has 3 aromatic rings. The third kappa shape index (κ3) is 4.62. The average molecular weight is 429 g/mol. The van der Waals surface area contributed by atoms with E-state index in [1.807, 2.05) is 48.5 Å². The summed E-state index contributed by atoms with van der Waals surface area (Å²) in [5.74, 6) is 0.0184. The number of nitrogens with one attached hydrogen (secondary N) is 2. The maximum absolute atomic E-state index is 12.9. The molecular weight excluding hydrogens is 406 g/mol. The fourth-order valence-corrected chi connectivity index (χ4v) is 3.49. The Bertz CT molecular complexity index is 1130. The lowest BCUT2D eigenvalue weighted by Crippen LogP contribution is -2.48. The van der Waals surface area contributed by atoms with E-state index < -0.39 is 23.4 Å². The molecule has 1 aliphatic heterocycles. The number of hydrazine groups is 1. The number of para-hydroxylation sites is 1. The van der Waals surface area contributed by atoms with Crippen molar-refractivity contribution in [2.75, 3.05) is 0 Å². The number of carbonyl (C=O) groups is 3. The lowest BCUT2D eigenvalue weighted by atomic mass is 9.93. The van der Waals surface area contributed by atoms with Gasteiger partial charge in [0.1, 0.15) is 17.0 Å². The van der Waals surface area contributed by atoms with Crippen molar-refractivity contribution in [3.05, 3.63) is 96.1 Å². The van der Waals surface area contributed by atoms with Crippen LogP contribution in [0.2, 0.25) is 0 Å². The van der Waals surface area contributed by atoms with Crippen LogP contribution in [0.25, 0.3) is 0 Å². The Morgan fingerprint density at radius 2 is 1.59 bits per heavy atom. The van der Waals surface area contributed by atoms with Crippen LogP contribution in [-0.4, -0.2) is 28.4 Å². The Hall–Kier alpha value is -4.13. The van der Waals surface area contributed by atoms with Crippen LogP contribution in [0.3, 0.4) is 0 Å². The first kappa shape index (κ1) is 21.1. The molecule has 1 aliphatic rings. The van der Waals surface area contributed by atoms with Gasteiger partial charge in [-0.05, 0) is 55.7 Å². The third-order valence-corrected chi connectivity index (χ3v) is 5.31. The van der Waals surface area contributed by atoms with Gasteiger partial charge in [0.2, 0.25) is 0 Å². The van der Waals surface area contributed by atoms with Gasteiger partial charge < -0.3 is 10.1 Å². The largest absolute Gasteiger partial charge is 0.457 e. The fraction of sp³-hybridized carbons (Fsp3) is 0.160. The second-order valence-electron chi connectivity index (χ2n) is 7.77. The SMILES string of the molecule is C[C@]1(CCc2ccccc2)NC(=O)N(NC(=O)c2cccc(Oc3ccccc3)c2)C1=O. The molecule has 0 aromatic heterocycles. The van der Waals surface area contributed by atoms with Crippen molar-refractivity contribution in [1.29, 1.82) is 0 Å². The molecule has 1 atom stereocenters. The van der Waals surface area contributed by atoms with Crippen molar-refractivity contribution < 1.29 is 19.1 Å². The lowest BCUT2D eigenvalue weighted by Gasteiger charge is -2.21. The van der Waals surface area contributed by atoms with E-state index in [0.717, 1.165) is 10.6 Å². The molecule has 7 heteroatoms. The number of imide groups is 1. The molecule has 162 valence electrons. The summed E-state index contributed by atoms with van der Waals surface area (Å²) in [5, 5.41) is 3.45. The first-order valence-electron chi connectivity index (χ1n) is 10.3. The number of hydrogen-bond donors (Lipinski definition) is 2. The van der Waals surface area contributed by atoms with Crippen LogP contribution in [0.1, 0.15) is 29.3 Å². The van der Waals surface area contributed by atoms with Gasteiger partial charge in [-0.3, -0.25) is 15.0 Å². The topological polar surface area (TPSA) is 87.7 Å². The predicted octanol–water partition coefficient (Wildman–Crippen LogP) is 4.07. The highest BCUT2D eigenvalue weighted by molar-refractivity contribution is 6.09. The molecule has 0 bridgehead atoms. The minimum absolute atomic E-state index is 0.261. The molecule has 1 heterocycles. The number of rotatable bonds is 7. The smallest absolute Gasteiger partial charge is 0.344 e. The summed E-state index contributed by atoms with van der Waals surface area (Å²) in [6.07, 6.45) is 1.03. The molecule has 1 saturated heterocycles. The van der Waals surface area contributed by atoms with E-state index in [0.29, 0.717) is 24.3 Å². The molecule has 0 saturated carbocycles. The second-order valence-corrected chi connectivity index (χ2v) is 7.77. The van der Waals surface area contributed by atoms with Crippen molar-refractivity contribution in [2.24, 2.45) is 0 Å². The Morgan fingerprint density at radius 3 is 2.31 bits per heavy atom. The van der Waals surface area contributed by atoms with E-state index in [-0.39, 0.29) is 5.56 Å². The molecule has 32 heavy (non-hydrogen) atoms. The molecule has 0 spiro atoms. The average Bonchev–Trinajstić information content (AvgIpc) is 3.02. The van der Waals surface area contributed by atoms with Crippen LogP contribution in [0.5, 0.6) is 11.5 Å². The number of benzene rings is 3. The Kier molecular flexibility index (Phi) is 5.89. The highest BCUT2D eigenvalue weighted by Gasteiger charge is 2.48. The van der Waals surface area contributed by atoms with Crippen molar-refractivity contribution in [1.82, 2.24) is 15.8 Å². The molecule has 2 N–H and O–H groups in total. The maximum Gasteiger partial charge on any atom is 0.344 e. The van der Waals surface area contributed by atoms with Gasteiger partial charge in [-0.1, -0.05) is 54.6 Å². The summed E-state index contributed by atoms with van der Waals surface area (Å²) in [5.41, 5.74) is 2.64. The van der Waals surface area contributed by atoms with Gasteiger partial charge in [0, 0.05) is 5.56 Å². The second kappa shape index (κ2) is 8.93. The number of aryl methyl sites for hydroxylation is 1. The third-order valence-electron chi connectivity index (χ3n) is 5.31. The van der Waals surface area contributed by atoms with Crippen molar-refractivity contribution in [3.63, 3.8) is 0 Å². The van der Waals surface area contributed by atoms with Gasteiger partial charge in [-0.2, -0.15) is 5.01 Å². The molecule has 0 aliphatic carbocycles. The standard InChI is InChI=1S/C25H23N3O4/c1-25(16-15-18-9-4-2-5-10-18)23(30)28(24(31)26-25)27-22(29)19-11-8-14-21(17-19)32-20-12-6-3-7-13-20/h2-14,17H,15-16H2,1H3,(H,26,31)(H,27,29)/t25-/m1/s1. The molecule has 1 fully saturated rings. The Balaban J connectivity index is 1.42. The maximum atomic E-state index is 12.9. The normalized spacial score (nSPS) is 17.7. The number of carbonyl (C=O) groups excluding carboxylic acids is 3. The lowest BCUT2D eigenvalue weighted by molar-refractivity contribution is -0.132. The quantitative estimate of drug-likeness (QED) is 0.555. The van der Waals surface area contributed by atoms with E-state index in [4.69, 9.17) is 4.74 Å². The van der Waals surface area contributed by atoms with Gasteiger partial charge in [-0.15, -0.1) is 0 Å². The van der Waals surface area contributed by atoms with E-state index in [9.17, 15) is 14.4 Å².